The highest BCUT2D eigenvalue weighted by molar-refractivity contribution is 5.96. The molecule has 0 radical (unpaired) electrons. The fraction of sp³-hybridized carbons (Fsp3) is 0.381. The first-order chi connectivity index (χ1) is 13.9. The van der Waals surface area contributed by atoms with Crippen LogP contribution in [-0.2, 0) is 6.18 Å². The van der Waals surface area contributed by atoms with Crippen molar-refractivity contribution >= 4 is 11.6 Å². The Morgan fingerprint density at radius 1 is 1.07 bits per heavy atom. The van der Waals surface area contributed by atoms with E-state index in [1.807, 2.05) is 4.90 Å². The number of nitrogens with one attached hydrogen (secondary N) is 1. The maximum Gasteiger partial charge on any atom is 0.416 e. The highest BCUT2D eigenvalue weighted by atomic mass is 19.4. The summed E-state index contributed by atoms with van der Waals surface area (Å²) in [6.45, 7) is 3.89. The minimum Gasteiger partial charge on any atom is -0.496 e. The number of piperazine rings is 1. The van der Waals surface area contributed by atoms with Crippen LogP contribution in [0.25, 0.3) is 0 Å². The predicted molar refractivity (Wildman–Crippen MR) is 105 cm³/mol. The standard InChI is InChI=1S/C21H24F3N3O2/c1-29-19-8-3-2-7-18(19)20(28)25-9-10-26-11-13-27(14-12-26)17-6-4-5-16(15-17)21(22,23)24/h2-8,15H,9-14H2,1H3,(H,25,28). The second-order valence-corrected chi connectivity index (χ2v) is 6.83. The van der Waals surface area contributed by atoms with Crippen molar-refractivity contribution in [2.75, 3.05) is 51.3 Å². The smallest absolute Gasteiger partial charge is 0.416 e. The fourth-order valence-electron chi connectivity index (χ4n) is 3.36. The van der Waals surface area contributed by atoms with Gasteiger partial charge in [0.2, 0.25) is 0 Å². The molecule has 156 valence electrons. The van der Waals surface area contributed by atoms with E-state index in [0.29, 0.717) is 43.2 Å². The van der Waals surface area contributed by atoms with Crippen LogP contribution in [0.1, 0.15) is 15.9 Å². The highest BCUT2D eigenvalue weighted by Crippen LogP contribution is 2.31. The molecule has 0 aromatic heterocycles. The van der Waals surface area contributed by atoms with E-state index in [4.69, 9.17) is 4.74 Å². The van der Waals surface area contributed by atoms with Crippen molar-refractivity contribution in [2.24, 2.45) is 0 Å². The highest BCUT2D eigenvalue weighted by Gasteiger charge is 2.31. The van der Waals surface area contributed by atoms with E-state index in [1.54, 1.807) is 30.3 Å². The third kappa shape index (κ3) is 5.41. The lowest BCUT2D eigenvalue weighted by atomic mass is 10.1. The second kappa shape index (κ2) is 9.17. The van der Waals surface area contributed by atoms with Crippen LogP contribution in [0.2, 0.25) is 0 Å². The number of rotatable bonds is 6. The minimum atomic E-state index is -4.34. The van der Waals surface area contributed by atoms with Gasteiger partial charge < -0.3 is 15.0 Å². The SMILES string of the molecule is COc1ccccc1C(=O)NCCN1CCN(c2cccc(C(F)(F)F)c2)CC1. The first kappa shape index (κ1) is 21.0. The van der Waals surface area contributed by atoms with E-state index in [2.05, 4.69) is 10.2 Å². The molecule has 1 amide bonds. The Kier molecular flexibility index (Phi) is 6.64. The van der Waals surface area contributed by atoms with Crippen molar-refractivity contribution in [2.45, 2.75) is 6.18 Å². The number of nitrogens with zero attached hydrogens (tertiary/aromatic N) is 2. The third-order valence-corrected chi connectivity index (χ3v) is 4.98. The monoisotopic (exact) mass is 407 g/mol. The largest absolute Gasteiger partial charge is 0.496 e. The summed E-state index contributed by atoms with van der Waals surface area (Å²) in [5.74, 6) is 0.338. The Balaban J connectivity index is 1.46. The average Bonchev–Trinajstić information content (AvgIpc) is 2.73. The van der Waals surface area contributed by atoms with Gasteiger partial charge >= 0.3 is 6.18 Å². The number of benzene rings is 2. The number of ether oxygens (including phenoxy) is 1. The molecule has 1 aliphatic heterocycles. The number of carbonyl (C=O) groups excluding carboxylic acids is 1. The van der Waals surface area contributed by atoms with Crippen molar-refractivity contribution in [1.29, 1.82) is 0 Å². The van der Waals surface area contributed by atoms with Gasteiger partial charge in [-0.15, -0.1) is 0 Å². The van der Waals surface area contributed by atoms with Crippen LogP contribution in [0.5, 0.6) is 5.75 Å². The molecule has 0 spiro atoms. The van der Waals surface area contributed by atoms with E-state index in [-0.39, 0.29) is 5.91 Å². The quantitative estimate of drug-likeness (QED) is 0.799. The number of anilines is 1. The molecule has 1 fully saturated rings. The Hall–Kier alpha value is -2.74. The molecule has 0 saturated carbocycles. The van der Waals surface area contributed by atoms with Gasteiger partial charge in [0.1, 0.15) is 5.75 Å². The number of alkyl halides is 3. The van der Waals surface area contributed by atoms with E-state index in [1.165, 1.54) is 19.2 Å². The molecular weight excluding hydrogens is 383 g/mol. The van der Waals surface area contributed by atoms with Crippen LogP contribution in [-0.4, -0.2) is 57.2 Å². The van der Waals surface area contributed by atoms with Crippen LogP contribution in [0.15, 0.2) is 48.5 Å². The Bertz CT molecular complexity index is 834. The molecule has 0 unspecified atom stereocenters. The van der Waals surface area contributed by atoms with Crippen LogP contribution in [0.4, 0.5) is 18.9 Å². The fourth-order valence-corrected chi connectivity index (χ4v) is 3.36. The number of hydrogen-bond acceptors (Lipinski definition) is 4. The maximum atomic E-state index is 12.9. The molecule has 2 aromatic carbocycles. The summed E-state index contributed by atoms with van der Waals surface area (Å²) >= 11 is 0. The lowest BCUT2D eigenvalue weighted by Crippen LogP contribution is -2.48. The van der Waals surface area contributed by atoms with Gasteiger partial charge in [-0.3, -0.25) is 9.69 Å². The van der Waals surface area contributed by atoms with Crippen molar-refractivity contribution in [3.63, 3.8) is 0 Å². The van der Waals surface area contributed by atoms with Crippen LogP contribution in [0.3, 0.4) is 0 Å². The van der Waals surface area contributed by atoms with Crippen molar-refractivity contribution < 1.29 is 22.7 Å². The first-order valence-corrected chi connectivity index (χ1v) is 9.44. The number of carbonyl (C=O) groups is 1. The first-order valence-electron chi connectivity index (χ1n) is 9.44. The molecule has 0 aliphatic carbocycles. The predicted octanol–water partition coefficient (Wildman–Crippen LogP) is 3.27. The molecule has 29 heavy (non-hydrogen) atoms. The number of amides is 1. The van der Waals surface area contributed by atoms with Gasteiger partial charge in [-0.2, -0.15) is 13.2 Å². The van der Waals surface area contributed by atoms with Crippen molar-refractivity contribution in [1.82, 2.24) is 10.2 Å². The number of hydrogen-bond donors (Lipinski definition) is 1. The Labute approximate surface area is 168 Å². The van der Waals surface area contributed by atoms with E-state index in [0.717, 1.165) is 19.2 Å². The van der Waals surface area contributed by atoms with Gasteiger partial charge in [-0.05, 0) is 30.3 Å². The summed E-state index contributed by atoms with van der Waals surface area (Å²) in [5, 5.41) is 2.89. The van der Waals surface area contributed by atoms with E-state index < -0.39 is 11.7 Å². The van der Waals surface area contributed by atoms with Crippen LogP contribution < -0.4 is 15.0 Å². The van der Waals surface area contributed by atoms with Gasteiger partial charge in [-0.25, -0.2) is 0 Å². The molecule has 1 N–H and O–H groups in total. The zero-order chi connectivity index (χ0) is 20.9. The van der Waals surface area contributed by atoms with Crippen molar-refractivity contribution in [3.05, 3.63) is 59.7 Å². The van der Waals surface area contributed by atoms with Gasteiger partial charge in [-0.1, -0.05) is 18.2 Å². The van der Waals surface area contributed by atoms with Gasteiger partial charge in [0.25, 0.3) is 5.91 Å². The molecule has 0 bridgehead atoms. The third-order valence-electron chi connectivity index (χ3n) is 4.98. The molecule has 5 nitrogen and oxygen atoms in total. The summed E-state index contributed by atoms with van der Waals surface area (Å²) < 4.78 is 43.9. The number of methoxy groups -OCH3 is 1. The van der Waals surface area contributed by atoms with E-state index >= 15 is 0 Å². The van der Waals surface area contributed by atoms with Gasteiger partial charge in [0, 0.05) is 45.0 Å². The summed E-state index contributed by atoms with van der Waals surface area (Å²) in [6, 6.07) is 12.5. The number of halogens is 3. The average molecular weight is 407 g/mol. The normalized spacial score (nSPS) is 15.2. The van der Waals surface area contributed by atoms with Crippen LogP contribution in [0, 0.1) is 0 Å². The van der Waals surface area contributed by atoms with Crippen LogP contribution >= 0.6 is 0 Å². The zero-order valence-electron chi connectivity index (χ0n) is 16.2. The molecule has 1 aliphatic rings. The topological polar surface area (TPSA) is 44.8 Å². The molecule has 1 saturated heterocycles. The summed E-state index contributed by atoms with van der Waals surface area (Å²) in [4.78, 5) is 16.5. The molecule has 1 heterocycles. The Morgan fingerprint density at radius 2 is 1.79 bits per heavy atom. The van der Waals surface area contributed by atoms with Gasteiger partial charge in [0.15, 0.2) is 0 Å². The second-order valence-electron chi connectivity index (χ2n) is 6.83. The summed E-state index contributed by atoms with van der Waals surface area (Å²) in [7, 11) is 1.52. The van der Waals surface area contributed by atoms with E-state index in [9.17, 15) is 18.0 Å². The molecule has 3 rings (SSSR count). The maximum absolute atomic E-state index is 12.9. The Morgan fingerprint density at radius 3 is 2.48 bits per heavy atom. The molecule has 0 atom stereocenters. The lowest BCUT2D eigenvalue weighted by molar-refractivity contribution is -0.137. The van der Waals surface area contributed by atoms with Crippen molar-refractivity contribution in [3.8, 4) is 5.75 Å². The minimum absolute atomic E-state index is 0.190. The number of para-hydroxylation sites is 1. The molecular formula is C21H24F3N3O2. The van der Waals surface area contributed by atoms with Gasteiger partial charge in [0.05, 0.1) is 18.2 Å². The molecule has 8 heteroatoms. The molecule has 2 aromatic rings. The summed E-state index contributed by atoms with van der Waals surface area (Å²) in [6.07, 6.45) is -4.34. The lowest BCUT2D eigenvalue weighted by Gasteiger charge is -2.36. The summed E-state index contributed by atoms with van der Waals surface area (Å²) in [5.41, 5.74) is 0.449. The zero-order valence-corrected chi connectivity index (χ0v) is 16.2.